The maximum absolute atomic E-state index is 4.19. The molecule has 0 saturated heterocycles. The number of aromatic nitrogens is 2. The van der Waals surface area contributed by atoms with E-state index < -0.39 is 0 Å². The second-order valence-electron chi connectivity index (χ2n) is 3.97. The van der Waals surface area contributed by atoms with Crippen LogP contribution in [0.5, 0.6) is 0 Å². The summed E-state index contributed by atoms with van der Waals surface area (Å²) in [7, 11) is 0. The van der Waals surface area contributed by atoms with Crippen molar-refractivity contribution in [3.05, 3.63) is 60.2 Å². The molecular formula is C14H15N3. The first-order chi connectivity index (χ1) is 8.18. The number of nitrogens with zero attached hydrogens (tertiary/aromatic N) is 2. The van der Waals surface area contributed by atoms with E-state index in [1.54, 1.807) is 12.4 Å². The van der Waals surface area contributed by atoms with Crippen LogP contribution in [0, 0.1) is 13.8 Å². The highest BCUT2D eigenvalue weighted by molar-refractivity contribution is 5.76. The second kappa shape index (κ2) is 4.78. The molecule has 0 bridgehead atoms. The fourth-order valence-electron chi connectivity index (χ4n) is 1.61. The molecular weight excluding hydrogens is 210 g/mol. The van der Waals surface area contributed by atoms with Gasteiger partial charge in [-0.3, -0.25) is 9.97 Å². The Balaban J connectivity index is 2.24. The highest BCUT2D eigenvalue weighted by Gasteiger charge is 2.05. The Hall–Kier alpha value is -2.16. The van der Waals surface area contributed by atoms with Crippen LogP contribution in [0.1, 0.15) is 16.7 Å². The molecule has 17 heavy (non-hydrogen) atoms. The number of hydrogen-bond donors (Lipinski definition) is 1. The molecule has 0 atom stereocenters. The van der Waals surface area contributed by atoms with Crippen LogP contribution in [0.2, 0.25) is 0 Å². The van der Waals surface area contributed by atoms with Crippen molar-refractivity contribution in [2.75, 3.05) is 5.32 Å². The Labute approximate surface area is 101 Å². The second-order valence-corrected chi connectivity index (χ2v) is 3.97. The molecule has 86 valence electrons. The van der Waals surface area contributed by atoms with Crippen molar-refractivity contribution in [2.24, 2.45) is 0 Å². The van der Waals surface area contributed by atoms with Crippen LogP contribution in [0.4, 0.5) is 5.69 Å². The first-order valence-electron chi connectivity index (χ1n) is 5.46. The summed E-state index contributed by atoms with van der Waals surface area (Å²) >= 11 is 0. The molecule has 0 spiro atoms. The lowest BCUT2D eigenvalue weighted by Crippen LogP contribution is -2.01. The van der Waals surface area contributed by atoms with Gasteiger partial charge in [-0.1, -0.05) is 6.58 Å². The minimum Gasteiger partial charge on any atom is -0.354 e. The zero-order valence-corrected chi connectivity index (χ0v) is 10.1. The summed E-state index contributed by atoms with van der Waals surface area (Å²) in [6.45, 7) is 8.16. The van der Waals surface area contributed by atoms with Gasteiger partial charge in [0.05, 0.1) is 11.9 Å². The molecule has 0 aliphatic heterocycles. The Kier molecular flexibility index (Phi) is 3.19. The molecule has 0 aromatic carbocycles. The van der Waals surface area contributed by atoms with Gasteiger partial charge >= 0.3 is 0 Å². The molecule has 0 saturated carbocycles. The van der Waals surface area contributed by atoms with Crippen LogP contribution < -0.4 is 5.32 Å². The molecule has 0 aliphatic carbocycles. The maximum Gasteiger partial charge on any atom is 0.0570 e. The van der Waals surface area contributed by atoms with E-state index in [0.29, 0.717) is 0 Å². The monoisotopic (exact) mass is 225 g/mol. The van der Waals surface area contributed by atoms with E-state index in [-0.39, 0.29) is 0 Å². The Morgan fingerprint density at radius 1 is 1.18 bits per heavy atom. The van der Waals surface area contributed by atoms with Gasteiger partial charge in [-0.05, 0) is 37.1 Å². The first kappa shape index (κ1) is 11.3. The highest BCUT2D eigenvalue weighted by Crippen LogP contribution is 2.20. The quantitative estimate of drug-likeness (QED) is 0.871. The number of hydrogen-bond acceptors (Lipinski definition) is 3. The van der Waals surface area contributed by atoms with E-state index >= 15 is 0 Å². The van der Waals surface area contributed by atoms with Crippen molar-refractivity contribution in [2.45, 2.75) is 13.8 Å². The predicted octanol–water partition coefficient (Wildman–Crippen LogP) is 3.18. The SMILES string of the molecule is C=C(Nc1cccnc1)c1cncc(C)c1C. The lowest BCUT2D eigenvalue weighted by Gasteiger charge is -2.12. The van der Waals surface area contributed by atoms with Crippen molar-refractivity contribution < 1.29 is 0 Å². The van der Waals surface area contributed by atoms with Gasteiger partial charge in [0.1, 0.15) is 0 Å². The van der Waals surface area contributed by atoms with Gasteiger partial charge in [-0.2, -0.15) is 0 Å². The zero-order valence-electron chi connectivity index (χ0n) is 10.1. The fraction of sp³-hybridized carbons (Fsp3) is 0.143. The van der Waals surface area contributed by atoms with Gasteiger partial charge in [0.25, 0.3) is 0 Å². The molecule has 0 aliphatic rings. The summed E-state index contributed by atoms with van der Waals surface area (Å²) in [4.78, 5) is 8.24. The molecule has 0 amide bonds. The zero-order chi connectivity index (χ0) is 12.3. The third kappa shape index (κ3) is 2.50. The summed E-state index contributed by atoms with van der Waals surface area (Å²) in [5.41, 5.74) is 5.16. The van der Waals surface area contributed by atoms with Gasteiger partial charge in [0.2, 0.25) is 0 Å². The predicted molar refractivity (Wildman–Crippen MR) is 70.6 cm³/mol. The van der Waals surface area contributed by atoms with Crippen molar-refractivity contribution in [1.29, 1.82) is 0 Å². The molecule has 0 radical (unpaired) electrons. The van der Waals surface area contributed by atoms with Crippen molar-refractivity contribution >= 4 is 11.4 Å². The lowest BCUT2D eigenvalue weighted by atomic mass is 10.1. The van der Waals surface area contributed by atoms with Crippen LogP contribution >= 0.6 is 0 Å². The van der Waals surface area contributed by atoms with E-state index in [1.165, 1.54) is 5.56 Å². The third-order valence-electron chi connectivity index (χ3n) is 2.75. The summed E-state index contributed by atoms with van der Waals surface area (Å²) in [5, 5.41) is 3.23. The summed E-state index contributed by atoms with van der Waals surface area (Å²) in [5.74, 6) is 0. The molecule has 0 unspecified atom stereocenters. The molecule has 2 rings (SSSR count). The number of anilines is 1. The Bertz CT molecular complexity index is 532. The topological polar surface area (TPSA) is 37.8 Å². The number of rotatable bonds is 3. The highest BCUT2D eigenvalue weighted by atomic mass is 14.9. The van der Waals surface area contributed by atoms with Crippen LogP contribution in [-0.4, -0.2) is 9.97 Å². The average Bonchev–Trinajstić information content (AvgIpc) is 2.34. The minimum atomic E-state index is 0.840. The van der Waals surface area contributed by atoms with Gasteiger partial charge < -0.3 is 5.32 Å². The molecule has 3 nitrogen and oxygen atoms in total. The standard InChI is InChI=1S/C14H15N3/c1-10-7-16-9-14(11(10)2)12(3)17-13-5-4-6-15-8-13/h4-9,17H,3H2,1-2H3. The third-order valence-corrected chi connectivity index (χ3v) is 2.75. The van der Waals surface area contributed by atoms with E-state index in [9.17, 15) is 0 Å². The maximum atomic E-state index is 4.19. The Morgan fingerprint density at radius 3 is 2.71 bits per heavy atom. The van der Waals surface area contributed by atoms with Crippen molar-refractivity contribution in [3.63, 3.8) is 0 Å². The molecule has 2 aromatic rings. The minimum absolute atomic E-state index is 0.840. The van der Waals surface area contributed by atoms with Crippen LogP contribution in [0.3, 0.4) is 0 Å². The largest absolute Gasteiger partial charge is 0.354 e. The molecule has 2 heterocycles. The van der Waals surface area contributed by atoms with Gasteiger partial charge in [-0.15, -0.1) is 0 Å². The summed E-state index contributed by atoms with van der Waals surface area (Å²) < 4.78 is 0. The number of aryl methyl sites for hydroxylation is 1. The fourth-order valence-corrected chi connectivity index (χ4v) is 1.61. The number of pyridine rings is 2. The van der Waals surface area contributed by atoms with Gasteiger partial charge in [-0.25, -0.2) is 0 Å². The van der Waals surface area contributed by atoms with E-state index in [2.05, 4.69) is 28.8 Å². The molecule has 1 N–H and O–H groups in total. The summed E-state index contributed by atoms with van der Waals surface area (Å²) in [6.07, 6.45) is 7.20. The van der Waals surface area contributed by atoms with Crippen LogP contribution in [0.25, 0.3) is 5.70 Å². The lowest BCUT2D eigenvalue weighted by molar-refractivity contribution is 1.19. The normalized spacial score (nSPS) is 10.0. The summed E-state index contributed by atoms with van der Waals surface area (Å²) in [6, 6.07) is 3.84. The van der Waals surface area contributed by atoms with Crippen LogP contribution in [-0.2, 0) is 0 Å². The van der Waals surface area contributed by atoms with Crippen LogP contribution in [0.15, 0.2) is 43.5 Å². The molecule has 2 aromatic heterocycles. The Morgan fingerprint density at radius 2 is 2.00 bits per heavy atom. The average molecular weight is 225 g/mol. The van der Waals surface area contributed by atoms with E-state index in [1.807, 2.05) is 31.5 Å². The smallest absolute Gasteiger partial charge is 0.0570 e. The molecule has 3 heteroatoms. The van der Waals surface area contributed by atoms with Gasteiger partial charge in [0, 0.05) is 29.9 Å². The van der Waals surface area contributed by atoms with E-state index in [0.717, 1.165) is 22.5 Å². The first-order valence-corrected chi connectivity index (χ1v) is 5.46. The van der Waals surface area contributed by atoms with Crippen molar-refractivity contribution in [3.8, 4) is 0 Å². The van der Waals surface area contributed by atoms with Gasteiger partial charge in [0.15, 0.2) is 0 Å². The van der Waals surface area contributed by atoms with E-state index in [4.69, 9.17) is 0 Å². The number of nitrogens with one attached hydrogen (secondary N) is 1. The van der Waals surface area contributed by atoms with Crippen molar-refractivity contribution in [1.82, 2.24) is 9.97 Å². The molecule has 0 fully saturated rings.